The van der Waals surface area contributed by atoms with Crippen molar-refractivity contribution in [2.45, 2.75) is 78.0 Å². The van der Waals surface area contributed by atoms with Crippen molar-refractivity contribution < 1.29 is 9.53 Å². The number of fused-ring (bicyclic) bond motifs is 1. The van der Waals surface area contributed by atoms with Gasteiger partial charge in [-0.25, -0.2) is 4.79 Å². The Morgan fingerprint density at radius 3 is 2.74 bits per heavy atom. The van der Waals surface area contributed by atoms with Crippen molar-refractivity contribution >= 4 is 17.4 Å². The summed E-state index contributed by atoms with van der Waals surface area (Å²) in [6.45, 7) is 8.27. The molecule has 1 aliphatic carbocycles. The highest BCUT2D eigenvalue weighted by atomic mass is 16.5. The van der Waals surface area contributed by atoms with Gasteiger partial charge in [0, 0.05) is 25.7 Å². The lowest BCUT2D eigenvalue weighted by Crippen LogP contribution is -2.56. The van der Waals surface area contributed by atoms with Crippen molar-refractivity contribution in [2.75, 3.05) is 36.9 Å². The number of amides is 1. The Morgan fingerprint density at radius 2 is 2.03 bits per heavy atom. The molecular weight excluding hydrogens is 398 g/mol. The fourth-order valence-electron chi connectivity index (χ4n) is 4.69. The van der Waals surface area contributed by atoms with Gasteiger partial charge in [-0.3, -0.25) is 24.0 Å². The number of nitrogens with zero attached hydrogens (tertiary/aromatic N) is 3. The van der Waals surface area contributed by atoms with E-state index >= 15 is 0 Å². The molecule has 9 nitrogen and oxygen atoms in total. The molecule has 1 amide bonds. The van der Waals surface area contributed by atoms with Crippen LogP contribution in [-0.2, 0) is 16.1 Å². The fourth-order valence-corrected chi connectivity index (χ4v) is 4.69. The predicted octanol–water partition coefficient (Wildman–Crippen LogP) is 1.55. The number of H-pyrrole nitrogens is 1. The van der Waals surface area contributed by atoms with Crippen LogP contribution in [0.1, 0.15) is 59.3 Å². The van der Waals surface area contributed by atoms with Crippen molar-refractivity contribution in [1.29, 1.82) is 0 Å². The van der Waals surface area contributed by atoms with Gasteiger partial charge < -0.3 is 15.4 Å². The molecular formula is C22H37N5O4. The Kier molecular flexibility index (Phi) is 7.94. The van der Waals surface area contributed by atoms with Crippen molar-refractivity contribution in [3.63, 3.8) is 0 Å². The smallest absolute Gasteiger partial charge is 0.330 e. The number of ether oxygens (including phenoxy) is 1. The van der Waals surface area contributed by atoms with Crippen LogP contribution in [0.15, 0.2) is 9.59 Å². The van der Waals surface area contributed by atoms with E-state index < -0.39 is 11.2 Å². The number of carbonyl (C=O) groups is 1. The zero-order valence-corrected chi connectivity index (χ0v) is 19.1. The van der Waals surface area contributed by atoms with Crippen molar-refractivity contribution in [3.8, 4) is 0 Å². The minimum absolute atomic E-state index is 0.0597. The summed E-state index contributed by atoms with van der Waals surface area (Å²) in [6.07, 6.45) is 6.15. The Morgan fingerprint density at radius 1 is 1.29 bits per heavy atom. The summed E-state index contributed by atoms with van der Waals surface area (Å²) >= 11 is 0. The highest BCUT2D eigenvalue weighted by Crippen LogP contribution is 2.28. The summed E-state index contributed by atoms with van der Waals surface area (Å²) in [7, 11) is 0. The van der Waals surface area contributed by atoms with Crippen molar-refractivity contribution in [2.24, 2.45) is 5.92 Å². The van der Waals surface area contributed by atoms with Gasteiger partial charge in [0.2, 0.25) is 5.91 Å². The van der Waals surface area contributed by atoms with Crippen LogP contribution in [0.3, 0.4) is 0 Å². The summed E-state index contributed by atoms with van der Waals surface area (Å²) in [5.41, 5.74) is 5.24. The Bertz CT molecular complexity index is 876. The second-order valence-corrected chi connectivity index (χ2v) is 9.13. The number of aromatic nitrogens is 2. The maximum Gasteiger partial charge on any atom is 0.330 e. The van der Waals surface area contributed by atoms with E-state index in [9.17, 15) is 14.4 Å². The van der Waals surface area contributed by atoms with Gasteiger partial charge in [-0.2, -0.15) is 0 Å². The van der Waals surface area contributed by atoms with Crippen LogP contribution >= 0.6 is 0 Å². The van der Waals surface area contributed by atoms with Crippen LogP contribution in [0.25, 0.3) is 0 Å². The maximum atomic E-state index is 13.5. The standard InChI is InChI=1S/C22H37N5O4/c1-4-5-10-26(19-20(23)27(13-15(2)3)22(30)24-21(19)29)18(28)14-25-11-12-31-17-9-7-6-8-16(17)25/h15-17H,4-14,23H2,1-3H3,(H,24,29,30). The van der Waals surface area contributed by atoms with E-state index in [0.717, 1.165) is 38.5 Å². The molecule has 31 heavy (non-hydrogen) atoms. The van der Waals surface area contributed by atoms with Gasteiger partial charge in [0.1, 0.15) is 5.82 Å². The van der Waals surface area contributed by atoms with E-state index in [1.165, 1.54) is 9.47 Å². The summed E-state index contributed by atoms with van der Waals surface area (Å²) in [5.74, 6) is 0.0613. The van der Waals surface area contributed by atoms with Crippen LogP contribution in [0.2, 0.25) is 0 Å². The molecule has 2 atom stereocenters. The minimum atomic E-state index is -0.607. The van der Waals surface area contributed by atoms with Crippen LogP contribution < -0.4 is 21.9 Å². The number of rotatable bonds is 8. The molecule has 9 heteroatoms. The number of nitrogens with one attached hydrogen (secondary N) is 1. The lowest BCUT2D eigenvalue weighted by atomic mass is 9.90. The van der Waals surface area contributed by atoms with Crippen molar-refractivity contribution in [1.82, 2.24) is 14.5 Å². The lowest BCUT2D eigenvalue weighted by Gasteiger charge is -2.44. The molecule has 3 N–H and O–H groups in total. The second kappa shape index (κ2) is 10.5. The predicted molar refractivity (Wildman–Crippen MR) is 121 cm³/mol. The highest BCUT2D eigenvalue weighted by Gasteiger charge is 2.36. The Balaban J connectivity index is 1.90. The zero-order valence-electron chi connectivity index (χ0n) is 19.1. The molecule has 1 aliphatic heterocycles. The van der Waals surface area contributed by atoms with Gasteiger partial charge in [-0.05, 0) is 25.2 Å². The minimum Gasteiger partial charge on any atom is -0.383 e. The lowest BCUT2D eigenvalue weighted by molar-refractivity contribution is -0.127. The third-order valence-corrected chi connectivity index (χ3v) is 6.25. The Labute approximate surface area is 183 Å². The molecule has 2 aliphatic rings. The van der Waals surface area contributed by atoms with E-state index in [-0.39, 0.29) is 42.0 Å². The summed E-state index contributed by atoms with van der Waals surface area (Å²) in [6, 6.07) is 0.241. The van der Waals surface area contributed by atoms with Crippen LogP contribution in [0, 0.1) is 5.92 Å². The van der Waals surface area contributed by atoms with E-state index in [1.54, 1.807) is 0 Å². The van der Waals surface area contributed by atoms with Gasteiger partial charge in [-0.1, -0.05) is 40.0 Å². The van der Waals surface area contributed by atoms with E-state index in [4.69, 9.17) is 10.5 Å². The molecule has 1 aromatic rings. The molecule has 2 fully saturated rings. The van der Waals surface area contributed by atoms with Gasteiger partial charge in [-0.15, -0.1) is 0 Å². The van der Waals surface area contributed by atoms with Gasteiger partial charge >= 0.3 is 5.69 Å². The number of hydrogen-bond donors (Lipinski definition) is 2. The van der Waals surface area contributed by atoms with Crippen LogP contribution in [0.5, 0.6) is 0 Å². The summed E-state index contributed by atoms with van der Waals surface area (Å²) in [4.78, 5) is 44.6. The van der Waals surface area contributed by atoms with E-state index in [0.29, 0.717) is 26.2 Å². The number of hydrogen-bond acceptors (Lipinski definition) is 6. The SMILES string of the molecule is CCCCN(C(=O)CN1CCOC2CCCCC21)c1c(N)n(CC(C)C)c(=O)[nH]c1=O. The first-order valence-electron chi connectivity index (χ1n) is 11.6. The number of nitrogen functional groups attached to an aromatic ring is 1. The number of carbonyl (C=O) groups excluding carboxylic acids is 1. The number of nitrogens with two attached hydrogens (primary N) is 1. The van der Waals surface area contributed by atoms with Crippen LogP contribution in [-0.4, -0.2) is 58.7 Å². The van der Waals surface area contributed by atoms with Gasteiger partial charge in [0.05, 0.1) is 19.3 Å². The zero-order chi connectivity index (χ0) is 22.5. The first-order chi connectivity index (χ1) is 14.8. The second-order valence-electron chi connectivity index (χ2n) is 9.13. The molecule has 2 heterocycles. The highest BCUT2D eigenvalue weighted by molar-refractivity contribution is 5.96. The number of anilines is 2. The average molecular weight is 436 g/mol. The first-order valence-corrected chi connectivity index (χ1v) is 11.6. The fraction of sp³-hybridized carbons (Fsp3) is 0.773. The van der Waals surface area contributed by atoms with Crippen molar-refractivity contribution in [3.05, 3.63) is 20.8 Å². The monoisotopic (exact) mass is 435 g/mol. The molecule has 0 aromatic carbocycles. The molecule has 0 radical (unpaired) electrons. The van der Waals surface area contributed by atoms with Gasteiger partial charge in [0.25, 0.3) is 5.56 Å². The molecule has 174 valence electrons. The van der Waals surface area contributed by atoms with E-state index in [1.807, 2.05) is 20.8 Å². The molecule has 1 aromatic heterocycles. The van der Waals surface area contributed by atoms with E-state index in [2.05, 4.69) is 9.88 Å². The largest absolute Gasteiger partial charge is 0.383 e. The maximum absolute atomic E-state index is 13.5. The number of morpholine rings is 1. The number of unbranched alkanes of at least 4 members (excludes halogenated alkanes) is 1. The molecule has 0 bridgehead atoms. The topological polar surface area (TPSA) is 114 Å². The third-order valence-electron chi connectivity index (χ3n) is 6.25. The molecule has 0 spiro atoms. The quantitative estimate of drug-likeness (QED) is 0.640. The Hall–Kier alpha value is -2.13. The normalized spacial score (nSPS) is 21.8. The average Bonchev–Trinajstić information content (AvgIpc) is 2.73. The summed E-state index contributed by atoms with van der Waals surface area (Å²) < 4.78 is 7.29. The molecule has 3 rings (SSSR count). The molecule has 1 saturated carbocycles. The van der Waals surface area contributed by atoms with Crippen LogP contribution in [0.4, 0.5) is 11.5 Å². The van der Waals surface area contributed by atoms with Gasteiger partial charge in [0.15, 0.2) is 5.69 Å². The first kappa shape index (κ1) is 23.5. The number of aromatic amines is 1. The third kappa shape index (κ3) is 5.38. The molecule has 2 unspecified atom stereocenters. The summed E-state index contributed by atoms with van der Waals surface area (Å²) in [5, 5.41) is 0. The molecule has 1 saturated heterocycles.